The highest BCUT2D eigenvalue weighted by Crippen LogP contribution is 2.31. The van der Waals surface area contributed by atoms with Crippen LogP contribution in [0.15, 0.2) is 24.3 Å². The molecular weight excluding hydrogens is 493 g/mol. The second-order valence-corrected chi connectivity index (χ2v) is 9.88. The average Bonchev–Trinajstić information content (AvgIpc) is 2.74. The molecule has 4 rings (SSSR count). The summed E-state index contributed by atoms with van der Waals surface area (Å²) < 4.78 is 40.8. The van der Waals surface area contributed by atoms with E-state index < -0.39 is 18.2 Å². The van der Waals surface area contributed by atoms with Crippen LogP contribution in [0.4, 0.5) is 13.2 Å². The zero-order valence-corrected chi connectivity index (χ0v) is 19.2. The second-order valence-electron chi connectivity index (χ2n) is 8.58. The van der Waals surface area contributed by atoms with Crippen LogP contribution in [-0.4, -0.2) is 82.6 Å². The van der Waals surface area contributed by atoms with E-state index in [1.54, 1.807) is 29.0 Å². The second kappa shape index (κ2) is 9.18. The lowest BCUT2D eigenvalue weighted by Crippen LogP contribution is -2.73. The molecule has 3 unspecified atom stereocenters. The number of hydrogen-bond acceptors (Lipinski definition) is 5. The molecule has 0 bridgehead atoms. The molecule has 3 fully saturated rings. The fourth-order valence-corrected chi connectivity index (χ4v) is 5.42. The quantitative estimate of drug-likeness (QED) is 0.489. The molecule has 3 aliphatic heterocycles. The molecule has 0 aliphatic carbocycles. The Hall–Kier alpha value is -1.85. The third kappa shape index (κ3) is 5.04. The molecule has 0 aromatic heterocycles. The summed E-state index contributed by atoms with van der Waals surface area (Å²) in [4.78, 5) is 31.2. The van der Waals surface area contributed by atoms with Crippen LogP contribution in [0.1, 0.15) is 24.8 Å². The van der Waals surface area contributed by atoms with Gasteiger partial charge in [0.05, 0.1) is 6.04 Å². The number of benzene rings is 1. The van der Waals surface area contributed by atoms with E-state index in [-0.39, 0.29) is 28.8 Å². The number of carbonyl (C=O) groups excluding carboxylic acids is 2. The molecule has 7 nitrogen and oxygen atoms in total. The Morgan fingerprint density at radius 3 is 2.41 bits per heavy atom. The predicted molar refractivity (Wildman–Crippen MR) is 114 cm³/mol. The van der Waals surface area contributed by atoms with Crippen LogP contribution in [-0.2, 0) is 16.1 Å². The Labute approximate surface area is 193 Å². The molecule has 176 valence electrons. The van der Waals surface area contributed by atoms with Gasteiger partial charge < -0.3 is 14.5 Å². The van der Waals surface area contributed by atoms with Gasteiger partial charge in [0.1, 0.15) is 11.9 Å². The Morgan fingerprint density at radius 2 is 1.78 bits per heavy atom. The highest BCUT2D eigenvalue weighted by molar-refractivity contribution is 9.09. The normalized spacial score (nSPS) is 28.1. The SMILES string of the molecule is CN1C(=O)C(=O)N(C2CCN(Cc3ccc(OC(F)(F)F)cc3)CC2)C2NCC(Br)CC21. The van der Waals surface area contributed by atoms with Crippen LogP contribution in [0, 0.1) is 0 Å². The molecular formula is C21H26BrF3N4O3. The minimum Gasteiger partial charge on any atom is -0.406 e. The van der Waals surface area contributed by atoms with E-state index in [9.17, 15) is 22.8 Å². The van der Waals surface area contributed by atoms with E-state index in [1.165, 1.54) is 12.1 Å². The van der Waals surface area contributed by atoms with Gasteiger partial charge in [-0.1, -0.05) is 28.1 Å². The number of nitrogens with zero attached hydrogens (tertiary/aromatic N) is 3. The van der Waals surface area contributed by atoms with E-state index in [2.05, 4.69) is 30.9 Å². The summed E-state index contributed by atoms with van der Waals surface area (Å²) in [6.07, 6.45) is -2.62. The number of fused-ring (bicyclic) bond motifs is 1. The first-order valence-electron chi connectivity index (χ1n) is 10.7. The third-order valence-corrected chi connectivity index (χ3v) is 7.16. The molecule has 0 spiro atoms. The molecule has 32 heavy (non-hydrogen) atoms. The van der Waals surface area contributed by atoms with Crippen molar-refractivity contribution in [3.8, 4) is 5.75 Å². The Balaban J connectivity index is 1.36. The maximum Gasteiger partial charge on any atom is 0.573 e. The van der Waals surface area contributed by atoms with Gasteiger partial charge >= 0.3 is 18.2 Å². The Kier molecular flexibility index (Phi) is 6.69. The number of likely N-dealkylation sites (N-methyl/N-ethyl adjacent to an activating group) is 1. The number of carbonyl (C=O) groups is 2. The van der Waals surface area contributed by atoms with Crippen molar-refractivity contribution in [2.75, 3.05) is 26.7 Å². The number of piperidine rings is 2. The molecule has 2 amide bonds. The summed E-state index contributed by atoms with van der Waals surface area (Å²) in [7, 11) is 1.69. The van der Waals surface area contributed by atoms with E-state index in [4.69, 9.17) is 0 Å². The zero-order valence-electron chi connectivity index (χ0n) is 17.6. The lowest BCUT2D eigenvalue weighted by atomic mass is 9.93. The summed E-state index contributed by atoms with van der Waals surface area (Å²) in [5.41, 5.74) is 0.890. The van der Waals surface area contributed by atoms with E-state index >= 15 is 0 Å². The van der Waals surface area contributed by atoms with Crippen molar-refractivity contribution < 1.29 is 27.5 Å². The fourth-order valence-electron chi connectivity index (χ4n) is 4.85. The average molecular weight is 519 g/mol. The summed E-state index contributed by atoms with van der Waals surface area (Å²) in [5, 5.41) is 3.43. The van der Waals surface area contributed by atoms with Gasteiger partial charge in [-0.25, -0.2) is 0 Å². The summed E-state index contributed by atoms with van der Waals surface area (Å²) in [6, 6.07) is 5.80. The zero-order chi connectivity index (χ0) is 23.0. The number of ether oxygens (including phenoxy) is 1. The molecule has 3 saturated heterocycles. The van der Waals surface area contributed by atoms with Gasteiger partial charge in [0.2, 0.25) is 0 Å². The van der Waals surface area contributed by atoms with Gasteiger partial charge in [0, 0.05) is 44.1 Å². The number of hydrogen-bond donors (Lipinski definition) is 1. The largest absolute Gasteiger partial charge is 0.573 e. The fraction of sp³-hybridized carbons (Fsp3) is 0.619. The van der Waals surface area contributed by atoms with Crippen LogP contribution in [0.2, 0.25) is 0 Å². The van der Waals surface area contributed by atoms with Crippen molar-refractivity contribution in [1.29, 1.82) is 0 Å². The minimum atomic E-state index is -4.70. The van der Waals surface area contributed by atoms with Crippen molar-refractivity contribution in [2.24, 2.45) is 0 Å². The maximum absolute atomic E-state index is 12.9. The van der Waals surface area contributed by atoms with Crippen LogP contribution >= 0.6 is 15.9 Å². The highest BCUT2D eigenvalue weighted by Gasteiger charge is 2.49. The topological polar surface area (TPSA) is 65.1 Å². The van der Waals surface area contributed by atoms with Gasteiger partial charge in [-0.2, -0.15) is 0 Å². The molecule has 0 saturated carbocycles. The molecule has 3 heterocycles. The van der Waals surface area contributed by atoms with Crippen molar-refractivity contribution >= 4 is 27.7 Å². The van der Waals surface area contributed by atoms with Crippen LogP contribution in [0.5, 0.6) is 5.75 Å². The molecule has 0 radical (unpaired) electrons. The van der Waals surface area contributed by atoms with Crippen molar-refractivity contribution in [3.05, 3.63) is 29.8 Å². The van der Waals surface area contributed by atoms with Crippen molar-refractivity contribution in [2.45, 2.75) is 55.2 Å². The first kappa shape index (κ1) is 23.3. The Bertz CT molecular complexity index is 846. The Morgan fingerprint density at radius 1 is 1.12 bits per heavy atom. The molecule has 1 aromatic rings. The van der Waals surface area contributed by atoms with Crippen LogP contribution in [0.3, 0.4) is 0 Å². The smallest absolute Gasteiger partial charge is 0.406 e. The molecule has 3 atom stereocenters. The highest BCUT2D eigenvalue weighted by atomic mass is 79.9. The van der Waals surface area contributed by atoms with Crippen molar-refractivity contribution in [3.63, 3.8) is 0 Å². The minimum absolute atomic E-state index is 0.0224. The van der Waals surface area contributed by atoms with E-state index in [1.807, 2.05) is 0 Å². The van der Waals surface area contributed by atoms with Crippen molar-refractivity contribution in [1.82, 2.24) is 20.0 Å². The maximum atomic E-state index is 12.9. The van der Waals surface area contributed by atoms with Crippen LogP contribution in [0.25, 0.3) is 0 Å². The first-order valence-corrected chi connectivity index (χ1v) is 11.6. The summed E-state index contributed by atoms with van der Waals surface area (Å²) in [5.74, 6) is -1.15. The summed E-state index contributed by atoms with van der Waals surface area (Å²) in [6.45, 7) is 2.81. The van der Waals surface area contributed by atoms with Gasteiger partial charge in [0.25, 0.3) is 0 Å². The standard InChI is InChI=1S/C21H26BrF3N4O3/c1-27-17-10-14(22)11-26-18(17)29(20(31)19(27)30)15-6-8-28(9-7-15)12-13-2-4-16(5-3-13)32-21(23,24)25/h2-5,14-15,17-18,26H,6-12H2,1H3. The number of halogens is 4. The van der Waals surface area contributed by atoms with E-state index in [0.717, 1.165) is 44.5 Å². The lowest BCUT2D eigenvalue weighted by molar-refractivity contribution is -0.274. The number of likely N-dealkylation sites (tertiary alicyclic amines) is 1. The number of amides is 2. The lowest BCUT2D eigenvalue weighted by Gasteiger charge is -2.52. The number of alkyl halides is 4. The number of nitrogens with one attached hydrogen (secondary N) is 1. The van der Waals surface area contributed by atoms with Gasteiger partial charge in [-0.05, 0) is 37.0 Å². The number of piperazine rings is 1. The molecule has 11 heteroatoms. The predicted octanol–water partition coefficient (Wildman–Crippen LogP) is 2.30. The third-order valence-electron chi connectivity index (χ3n) is 6.46. The number of rotatable bonds is 4. The van der Waals surface area contributed by atoms with Gasteiger partial charge in [-0.3, -0.25) is 19.8 Å². The first-order chi connectivity index (χ1) is 15.1. The van der Waals surface area contributed by atoms with Gasteiger partial charge in [-0.15, -0.1) is 13.2 Å². The summed E-state index contributed by atoms with van der Waals surface area (Å²) >= 11 is 3.61. The van der Waals surface area contributed by atoms with Gasteiger partial charge in [0.15, 0.2) is 0 Å². The van der Waals surface area contributed by atoms with Crippen LogP contribution < -0.4 is 10.1 Å². The molecule has 3 aliphatic rings. The molecule has 1 N–H and O–H groups in total. The monoisotopic (exact) mass is 518 g/mol. The molecule has 1 aromatic carbocycles. The van der Waals surface area contributed by atoms with E-state index in [0.29, 0.717) is 6.54 Å².